The van der Waals surface area contributed by atoms with E-state index < -0.39 is 10.2 Å². The van der Waals surface area contributed by atoms with E-state index in [2.05, 4.69) is 10.0 Å². The van der Waals surface area contributed by atoms with Crippen LogP contribution in [0.4, 0.5) is 0 Å². The third kappa shape index (κ3) is 9.55. The highest BCUT2D eigenvalue weighted by Gasteiger charge is 2.21. The lowest BCUT2D eigenvalue weighted by Gasteiger charge is -2.22. The molecule has 2 N–H and O–H groups in total. The molecule has 0 saturated heterocycles. The molecule has 0 amide bonds. The number of hydrogen-bond donors (Lipinski definition) is 2. The summed E-state index contributed by atoms with van der Waals surface area (Å²) >= 11 is 0. The Morgan fingerprint density at radius 2 is 1.63 bits per heavy atom. The van der Waals surface area contributed by atoms with Crippen LogP contribution in [0.5, 0.6) is 0 Å². The lowest BCUT2D eigenvalue weighted by Crippen LogP contribution is -2.47. The Labute approximate surface area is 122 Å². The van der Waals surface area contributed by atoms with Gasteiger partial charge in [-0.3, -0.25) is 0 Å². The number of ether oxygens (including phenoxy) is 2. The topological polar surface area (TPSA) is 79.9 Å². The van der Waals surface area contributed by atoms with Crippen LogP contribution in [-0.4, -0.2) is 72.9 Å². The van der Waals surface area contributed by atoms with Crippen LogP contribution in [0.25, 0.3) is 0 Å². The van der Waals surface area contributed by atoms with Crippen molar-refractivity contribution in [1.29, 1.82) is 0 Å². The molecule has 0 rings (SSSR count). The zero-order valence-corrected chi connectivity index (χ0v) is 13.6. The number of nitrogens with zero attached hydrogens (tertiary/aromatic N) is 1. The minimum atomic E-state index is -3.49. The number of hydrogen-bond acceptors (Lipinski definition) is 5. The van der Waals surface area contributed by atoms with Gasteiger partial charge in [-0.05, 0) is 14.0 Å². The van der Waals surface area contributed by atoms with Gasteiger partial charge < -0.3 is 14.8 Å². The lowest BCUT2D eigenvalue weighted by atomic mass is 10.4. The third-order valence-electron chi connectivity index (χ3n) is 2.49. The molecule has 0 heterocycles. The molecular weight excluding hydrogens is 294 g/mol. The molecule has 118 valence electrons. The van der Waals surface area contributed by atoms with Gasteiger partial charge in [-0.1, -0.05) is 0 Å². The van der Waals surface area contributed by atoms with Crippen molar-refractivity contribution >= 4 is 22.6 Å². The molecule has 0 spiro atoms. The van der Waals surface area contributed by atoms with Crippen LogP contribution in [0.15, 0.2) is 0 Å². The van der Waals surface area contributed by atoms with Crippen molar-refractivity contribution in [3.63, 3.8) is 0 Å². The fraction of sp³-hybridized carbons (Fsp3) is 1.00. The largest absolute Gasteiger partial charge is 0.383 e. The average Bonchev–Trinajstić information content (AvgIpc) is 2.35. The summed E-state index contributed by atoms with van der Waals surface area (Å²) in [7, 11) is 1.37. The van der Waals surface area contributed by atoms with E-state index >= 15 is 0 Å². The SMILES string of the molecule is CNC(C)CNS(=O)(=O)N(CCOC)CCOC.Cl. The molecule has 0 aliphatic carbocycles. The summed E-state index contributed by atoms with van der Waals surface area (Å²) in [6, 6.07) is 0.0754. The monoisotopic (exact) mass is 319 g/mol. The van der Waals surface area contributed by atoms with E-state index in [1.807, 2.05) is 6.92 Å². The zero-order chi connectivity index (χ0) is 14.0. The fourth-order valence-corrected chi connectivity index (χ4v) is 2.44. The molecule has 0 aromatic heterocycles. The molecule has 0 aromatic rings. The van der Waals surface area contributed by atoms with Crippen molar-refractivity contribution in [3.8, 4) is 0 Å². The minimum Gasteiger partial charge on any atom is -0.383 e. The first-order chi connectivity index (χ1) is 8.47. The summed E-state index contributed by atoms with van der Waals surface area (Å²) in [5.41, 5.74) is 0. The summed E-state index contributed by atoms with van der Waals surface area (Å²) in [4.78, 5) is 0. The van der Waals surface area contributed by atoms with Gasteiger partial charge in [0.15, 0.2) is 0 Å². The van der Waals surface area contributed by atoms with Crippen LogP contribution in [-0.2, 0) is 19.7 Å². The highest BCUT2D eigenvalue weighted by molar-refractivity contribution is 7.87. The summed E-state index contributed by atoms with van der Waals surface area (Å²) in [5.74, 6) is 0. The summed E-state index contributed by atoms with van der Waals surface area (Å²) < 4.78 is 37.8. The Bertz CT molecular complexity index is 295. The Balaban J connectivity index is 0. The normalized spacial score (nSPS) is 13.3. The number of likely N-dealkylation sites (N-methyl/N-ethyl adjacent to an activating group) is 1. The van der Waals surface area contributed by atoms with Gasteiger partial charge in [0.2, 0.25) is 0 Å². The highest BCUT2D eigenvalue weighted by atomic mass is 35.5. The van der Waals surface area contributed by atoms with Crippen LogP contribution in [0.3, 0.4) is 0 Å². The molecule has 0 aliphatic rings. The average molecular weight is 320 g/mol. The van der Waals surface area contributed by atoms with Crippen LogP contribution in [0, 0.1) is 0 Å². The van der Waals surface area contributed by atoms with Crippen molar-refractivity contribution < 1.29 is 17.9 Å². The standard InChI is InChI=1S/C10H25N3O4S.ClH/c1-10(11-2)9-12-18(14,15)13(5-7-16-3)6-8-17-4;/h10-12H,5-9H2,1-4H3;1H. The molecule has 0 bridgehead atoms. The van der Waals surface area contributed by atoms with Gasteiger partial charge in [-0.25, -0.2) is 4.72 Å². The Kier molecular flexibility index (Phi) is 13.3. The van der Waals surface area contributed by atoms with E-state index in [9.17, 15) is 8.42 Å². The van der Waals surface area contributed by atoms with Crippen molar-refractivity contribution in [2.24, 2.45) is 0 Å². The van der Waals surface area contributed by atoms with Gasteiger partial charge in [0.25, 0.3) is 10.2 Å². The summed E-state index contributed by atoms with van der Waals surface area (Å²) in [5, 5.41) is 2.97. The quantitative estimate of drug-likeness (QED) is 0.534. The van der Waals surface area contributed by atoms with Crippen LogP contribution < -0.4 is 10.0 Å². The predicted octanol–water partition coefficient (Wildman–Crippen LogP) is -0.555. The first-order valence-electron chi connectivity index (χ1n) is 5.87. The molecule has 7 nitrogen and oxygen atoms in total. The van der Waals surface area contributed by atoms with Gasteiger partial charge in [0, 0.05) is 39.9 Å². The second kappa shape index (κ2) is 11.8. The van der Waals surface area contributed by atoms with Gasteiger partial charge in [-0.2, -0.15) is 12.7 Å². The third-order valence-corrected chi connectivity index (χ3v) is 4.07. The van der Waals surface area contributed by atoms with E-state index in [1.54, 1.807) is 7.05 Å². The van der Waals surface area contributed by atoms with E-state index in [4.69, 9.17) is 9.47 Å². The molecule has 1 unspecified atom stereocenters. The van der Waals surface area contributed by atoms with Crippen molar-refractivity contribution in [2.75, 3.05) is 54.1 Å². The van der Waals surface area contributed by atoms with Crippen molar-refractivity contribution in [2.45, 2.75) is 13.0 Å². The maximum atomic E-state index is 12.0. The molecule has 0 radical (unpaired) electrons. The Hall–Kier alpha value is 0.0400. The molecule has 1 atom stereocenters. The molecule has 19 heavy (non-hydrogen) atoms. The van der Waals surface area contributed by atoms with Crippen LogP contribution in [0.1, 0.15) is 6.92 Å². The fourth-order valence-electron chi connectivity index (χ4n) is 1.16. The second-order valence-electron chi connectivity index (χ2n) is 3.93. The number of halogens is 1. The van der Waals surface area contributed by atoms with E-state index in [1.165, 1.54) is 18.5 Å². The molecule has 0 aliphatic heterocycles. The predicted molar refractivity (Wildman–Crippen MR) is 78.0 cm³/mol. The summed E-state index contributed by atoms with van der Waals surface area (Å²) in [6.07, 6.45) is 0. The molecular formula is C10H26ClN3O4S. The maximum absolute atomic E-state index is 12.0. The lowest BCUT2D eigenvalue weighted by molar-refractivity contribution is 0.149. The summed E-state index contributed by atoms with van der Waals surface area (Å²) in [6.45, 7) is 3.57. The number of methoxy groups -OCH3 is 2. The Morgan fingerprint density at radius 3 is 2.00 bits per heavy atom. The number of nitrogens with one attached hydrogen (secondary N) is 2. The van der Waals surface area contributed by atoms with Gasteiger partial charge in [0.1, 0.15) is 0 Å². The smallest absolute Gasteiger partial charge is 0.279 e. The first kappa shape index (κ1) is 21.3. The van der Waals surface area contributed by atoms with Gasteiger partial charge in [0.05, 0.1) is 13.2 Å². The van der Waals surface area contributed by atoms with E-state index in [0.717, 1.165) is 0 Å². The van der Waals surface area contributed by atoms with Gasteiger partial charge >= 0.3 is 0 Å². The minimum absolute atomic E-state index is 0. The van der Waals surface area contributed by atoms with Crippen LogP contribution in [0.2, 0.25) is 0 Å². The second-order valence-corrected chi connectivity index (χ2v) is 5.68. The van der Waals surface area contributed by atoms with Gasteiger partial charge in [-0.15, -0.1) is 12.4 Å². The van der Waals surface area contributed by atoms with Crippen molar-refractivity contribution in [3.05, 3.63) is 0 Å². The van der Waals surface area contributed by atoms with Crippen LogP contribution >= 0.6 is 12.4 Å². The van der Waals surface area contributed by atoms with E-state index in [-0.39, 0.29) is 18.4 Å². The highest BCUT2D eigenvalue weighted by Crippen LogP contribution is 1.98. The Morgan fingerprint density at radius 1 is 1.16 bits per heavy atom. The van der Waals surface area contributed by atoms with E-state index in [0.29, 0.717) is 32.8 Å². The first-order valence-corrected chi connectivity index (χ1v) is 7.31. The molecule has 0 aromatic carbocycles. The maximum Gasteiger partial charge on any atom is 0.279 e. The number of rotatable bonds is 11. The zero-order valence-electron chi connectivity index (χ0n) is 12.0. The van der Waals surface area contributed by atoms with Crippen molar-refractivity contribution in [1.82, 2.24) is 14.3 Å². The molecule has 0 fully saturated rings. The molecule has 9 heteroatoms. The molecule has 0 saturated carbocycles.